The summed E-state index contributed by atoms with van der Waals surface area (Å²) in [4.78, 5) is 1.98. The summed E-state index contributed by atoms with van der Waals surface area (Å²) in [7, 11) is 0. The highest BCUT2D eigenvalue weighted by atomic mass is 16.3. The van der Waals surface area contributed by atoms with Gasteiger partial charge in [-0.1, -0.05) is 0 Å². The third-order valence-corrected chi connectivity index (χ3v) is 1.97. The molecular weight excluding hydrogens is 184 g/mol. The van der Waals surface area contributed by atoms with Gasteiger partial charge in [-0.15, -0.1) is 0 Å². The Hall–Kier alpha value is -0.200. The maximum Gasteiger partial charge on any atom is 0.0558 e. The molecule has 1 unspecified atom stereocenters. The first-order valence-electron chi connectivity index (χ1n) is 5.03. The molecule has 0 radical (unpaired) electrons. The molecule has 1 atom stereocenters. The maximum absolute atomic E-state index is 8.77. The van der Waals surface area contributed by atoms with Gasteiger partial charge in [-0.25, -0.2) is 0 Å². The summed E-state index contributed by atoms with van der Waals surface area (Å²) in [6.45, 7) is 4.84. The predicted octanol–water partition coefficient (Wildman–Crippen LogP) is -1.76. The largest absolute Gasteiger partial charge is 0.395 e. The first-order valence-corrected chi connectivity index (χ1v) is 5.03. The van der Waals surface area contributed by atoms with E-state index in [1.54, 1.807) is 0 Å². The van der Waals surface area contributed by atoms with E-state index in [0.717, 1.165) is 6.54 Å². The van der Waals surface area contributed by atoms with Crippen LogP contribution in [0.5, 0.6) is 0 Å². The first-order chi connectivity index (χ1) is 6.74. The van der Waals surface area contributed by atoms with Gasteiger partial charge in [-0.05, 0) is 6.92 Å². The molecule has 0 fully saturated rings. The molecule has 0 aromatic heterocycles. The molecule has 0 saturated carbocycles. The van der Waals surface area contributed by atoms with Crippen molar-refractivity contribution in [3.05, 3.63) is 0 Å². The van der Waals surface area contributed by atoms with Gasteiger partial charge in [0.2, 0.25) is 0 Å². The van der Waals surface area contributed by atoms with E-state index in [1.807, 2.05) is 11.8 Å². The molecule has 0 aromatic rings. The molecule has 5 nitrogen and oxygen atoms in total. The van der Waals surface area contributed by atoms with Crippen LogP contribution in [0, 0.1) is 0 Å². The molecule has 0 aliphatic heterocycles. The lowest BCUT2D eigenvalue weighted by Crippen LogP contribution is -2.42. The molecular formula is C9H22N2O3. The summed E-state index contributed by atoms with van der Waals surface area (Å²) in [5.74, 6) is 0. The average molecular weight is 206 g/mol. The van der Waals surface area contributed by atoms with E-state index >= 15 is 0 Å². The fourth-order valence-corrected chi connectivity index (χ4v) is 1.34. The van der Waals surface area contributed by atoms with Gasteiger partial charge in [0.25, 0.3) is 0 Å². The summed E-state index contributed by atoms with van der Waals surface area (Å²) >= 11 is 0. The second kappa shape index (κ2) is 9.36. The maximum atomic E-state index is 8.77. The molecule has 0 heterocycles. The number of aliphatic hydroxyl groups excluding tert-OH is 3. The van der Waals surface area contributed by atoms with Gasteiger partial charge in [0.05, 0.1) is 19.8 Å². The Balaban J connectivity index is 3.64. The van der Waals surface area contributed by atoms with E-state index in [9.17, 15) is 0 Å². The summed E-state index contributed by atoms with van der Waals surface area (Å²) in [5, 5.41) is 29.3. The van der Waals surface area contributed by atoms with Crippen LogP contribution < -0.4 is 5.32 Å². The number of hydrogen-bond acceptors (Lipinski definition) is 5. The van der Waals surface area contributed by atoms with Crippen LogP contribution in [-0.2, 0) is 0 Å². The number of nitrogens with zero attached hydrogens (tertiary/aromatic N) is 1. The topological polar surface area (TPSA) is 76.0 Å². The minimum atomic E-state index is 0.104. The quantitative estimate of drug-likeness (QED) is 0.360. The van der Waals surface area contributed by atoms with E-state index in [4.69, 9.17) is 15.3 Å². The smallest absolute Gasteiger partial charge is 0.0558 e. The molecule has 0 bridgehead atoms. The molecule has 86 valence electrons. The van der Waals surface area contributed by atoms with Gasteiger partial charge in [-0.3, -0.25) is 4.90 Å². The Morgan fingerprint density at radius 1 is 1.07 bits per heavy atom. The van der Waals surface area contributed by atoms with E-state index in [1.165, 1.54) is 0 Å². The van der Waals surface area contributed by atoms with Crippen LogP contribution in [0.25, 0.3) is 0 Å². The molecule has 0 saturated heterocycles. The second-order valence-corrected chi connectivity index (χ2v) is 3.33. The van der Waals surface area contributed by atoms with Crippen molar-refractivity contribution in [2.45, 2.75) is 13.0 Å². The standard InChI is InChI=1S/C9H22N2O3/c1-9(10-2-5-12)8-11(3-6-13)4-7-14/h9-10,12-14H,2-8H2,1H3. The zero-order valence-electron chi connectivity index (χ0n) is 8.82. The van der Waals surface area contributed by atoms with Crippen molar-refractivity contribution in [3.8, 4) is 0 Å². The highest BCUT2D eigenvalue weighted by molar-refractivity contribution is 4.67. The fraction of sp³-hybridized carbons (Fsp3) is 1.00. The number of nitrogens with one attached hydrogen (secondary N) is 1. The van der Waals surface area contributed by atoms with Crippen molar-refractivity contribution in [1.29, 1.82) is 0 Å². The van der Waals surface area contributed by atoms with Crippen LogP contribution in [0.15, 0.2) is 0 Å². The normalized spacial score (nSPS) is 13.5. The van der Waals surface area contributed by atoms with Crippen LogP contribution in [-0.4, -0.2) is 72.3 Å². The SMILES string of the molecule is CC(CN(CCO)CCO)NCCO. The lowest BCUT2D eigenvalue weighted by Gasteiger charge is -2.24. The zero-order valence-corrected chi connectivity index (χ0v) is 8.82. The molecule has 4 N–H and O–H groups in total. The molecule has 0 amide bonds. The first kappa shape index (κ1) is 13.8. The van der Waals surface area contributed by atoms with Crippen molar-refractivity contribution in [3.63, 3.8) is 0 Å². The Morgan fingerprint density at radius 2 is 1.64 bits per heavy atom. The van der Waals surface area contributed by atoms with Crippen LogP contribution in [0.4, 0.5) is 0 Å². The lowest BCUT2D eigenvalue weighted by atomic mass is 10.3. The predicted molar refractivity (Wildman–Crippen MR) is 55.2 cm³/mol. The summed E-state index contributed by atoms with van der Waals surface area (Å²) in [6.07, 6.45) is 0. The highest BCUT2D eigenvalue weighted by Gasteiger charge is 2.08. The minimum absolute atomic E-state index is 0.104. The van der Waals surface area contributed by atoms with E-state index in [0.29, 0.717) is 19.6 Å². The zero-order chi connectivity index (χ0) is 10.8. The van der Waals surface area contributed by atoms with Crippen LogP contribution in [0.1, 0.15) is 6.92 Å². The molecule has 0 rings (SSSR count). The number of rotatable bonds is 9. The van der Waals surface area contributed by atoms with Crippen LogP contribution in [0.3, 0.4) is 0 Å². The van der Waals surface area contributed by atoms with Gasteiger partial charge < -0.3 is 20.6 Å². The molecule has 14 heavy (non-hydrogen) atoms. The average Bonchev–Trinajstić information content (AvgIpc) is 2.15. The molecule has 0 aromatic carbocycles. The molecule has 0 spiro atoms. The van der Waals surface area contributed by atoms with Crippen molar-refractivity contribution < 1.29 is 15.3 Å². The summed E-state index contributed by atoms with van der Waals surface area (Å²) < 4.78 is 0. The number of aliphatic hydroxyl groups is 3. The fourth-order valence-electron chi connectivity index (χ4n) is 1.34. The van der Waals surface area contributed by atoms with Gasteiger partial charge in [0, 0.05) is 32.2 Å². The Labute approximate surface area is 85.4 Å². The highest BCUT2D eigenvalue weighted by Crippen LogP contribution is 1.91. The van der Waals surface area contributed by atoms with E-state index in [2.05, 4.69) is 5.32 Å². The van der Waals surface area contributed by atoms with E-state index in [-0.39, 0.29) is 25.9 Å². The van der Waals surface area contributed by atoms with Crippen molar-refractivity contribution in [2.75, 3.05) is 46.0 Å². The second-order valence-electron chi connectivity index (χ2n) is 3.33. The lowest BCUT2D eigenvalue weighted by molar-refractivity contribution is 0.150. The van der Waals surface area contributed by atoms with Gasteiger partial charge in [0.1, 0.15) is 0 Å². The van der Waals surface area contributed by atoms with Gasteiger partial charge in [-0.2, -0.15) is 0 Å². The molecule has 5 heteroatoms. The van der Waals surface area contributed by atoms with E-state index < -0.39 is 0 Å². The molecule has 0 aliphatic rings. The Bertz CT molecular complexity index is 119. The third kappa shape index (κ3) is 7.23. The van der Waals surface area contributed by atoms with Crippen molar-refractivity contribution >= 4 is 0 Å². The number of hydrogen-bond donors (Lipinski definition) is 4. The van der Waals surface area contributed by atoms with Gasteiger partial charge >= 0.3 is 0 Å². The Kier molecular flexibility index (Phi) is 9.23. The molecule has 0 aliphatic carbocycles. The Morgan fingerprint density at radius 3 is 2.07 bits per heavy atom. The summed E-state index contributed by atoms with van der Waals surface area (Å²) in [6, 6.07) is 0.250. The summed E-state index contributed by atoms with van der Waals surface area (Å²) in [5.41, 5.74) is 0. The minimum Gasteiger partial charge on any atom is -0.395 e. The van der Waals surface area contributed by atoms with Gasteiger partial charge in [0.15, 0.2) is 0 Å². The monoisotopic (exact) mass is 206 g/mol. The third-order valence-electron chi connectivity index (χ3n) is 1.97. The van der Waals surface area contributed by atoms with Crippen LogP contribution in [0.2, 0.25) is 0 Å². The van der Waals surface area contributed by atoms with Crippen molar-refractivity contribution in [2.24, 2.45) is 0 Å². The van der Waals surface area contributed by atoms with Crippen molar-refractivity contribution in [1.82, 2.24) is 10.2 Å². The van der Waals surface area contributed by atoms with Crippen LogP contribution >= 0.6 is 0 Å².